The topological polar surface area (TPSA) is 50.7 Å². The Morgan fingerprint density at radius 2 is 2.00 bits per heavy atom. The van der Waals surface area contributed by atoms with Gasteiger partial charge in [-0.3, -0.25) is 0 Å². The van der Waals surface area contributed by atoms with Gasteiger partial charge in [-0.25, -0.2) is 0 Å². The first-order chi connectivity index (χ1) is 9.24. The third-order valence-corrected chi connectivity index (χ3v) is 3.38. The Morgan fingerprint density at radius 1 is 1.21 bits per heavy atom. The van der Waals surface area contributed by atoms with E-state index >= 15 is 0 Å². The zero-order valence-electron chi connectivity index (χ0n) is 11.7. The number of anilines is 1. The predicted molar refractivity (Wildman–Crippen MR) is 76.0 cm³/mol. The van der Waals surface area contributed by atoms with E-state index in [1.807, 2.05) is 32.0 Å². The lowest BCUT2D eigenvalue weighted by atomic mass is 10.2. The molecule has 106 valence electrons. The van der Waals surface area contributed by atoms with Crippen LogP contribution < -0.4 is 14.8 Å². The van der Waals surface area contributed by atoms with Crippen LogP contribution in [0.2, 0.25) is 0 Å². The summed E-state index contributed by atoms with van der Waals surface area (Å²) in [5.74, 6) is 1.63. The molecule has 19 heavy (non-hydrogen) atoms. The minimum absolute atomic E-state index is 0.107. The molecule has 2 rings (SSSR count). The Morgan fingerprint density at radius 3 is 2.63 bits per heavy atom. The highest BCUT2D eigenvalue weighted by Crippen LogP contribution is 2.32. The van der Waals surface area contributed by atoms with Crippen LogP contribution in [0.25, 0.3) is 0 Å². The molecule has 1 aromatic rings. The Balaban J connectivity index is 2.16. The number of hydrogen-bond acceptors (Lipinski definition) is 4. The van der Waals surface area contributed by atoms with Crippen molar-refractivity contribution < 1.29 is 14.6 Å². The lowest BCUT2D eigenvalue weighted by Gasteiger charge is -2.20. The minimum Gasteiger partial charge on any atom is -0.494 e. The van der Waals surface area contributed by atoms with Gasteiger partial charge in [-0.15, -0.1) is 0 Å². The molecule has 1 saturated carbocycles. The van der Waals surface area contributed by atoms with E-state index in [-0.39, 0.29) is 12.1 Å². The first-order valence-electron chi connectivity index (χ1n) is 7.08. The van der Waals surface area contributed by atoms with Crippen LogP contribution in [0.4, 0.5) is 5.69 Å². The third-order valence-electron chi connectivity index (χ3n) is 3.38. The molecule has 4 heteroatoms. The molecule has 4 nitrogen and oxygen atoms in total. The third kappa shape index (κ3) is 3.53. The van der Waals surface area contributed by atoms with Crippen LogP contribution in [0.3, 0.4) is 0 Å². The Hall–Kier alpha value is -1.42. The normalized spacial score (nSPS) is 22.3. The number of nitrogens with one attached hydrogen (secondary N) is 1. The van der Waals surface area contributed by atoms with E-state index in [2.05, 4.69) is 5.32 Å². The standard InChI is InChI=1S/C15H23NO3/c1-3-18-11-8-9-15(19-4-2)13(10-11)16-12-6-5-7-14(12)17/h8-10,12,14,16-17H,3-7H2,1-2H3/t12-,14-/m0/s1. The van der Waals surface area contributed by atoms with Crippen molar-refractivity contribution in [2.45, 2.75) is 45.3 Å². The Kier molecular flexibility index (Phi) is 4.91. The van der Waals surface area contributed by atoms with Crippen LogP contribution in [-0.2, 0) is 0 Å². The molecule has 2 atom stereocenters. The number of benzene rings is 1. The van der Waals surface area contributed by atoms with Crippen LogP contribution in [0, 0.1) is 0 Å². The molecule has 0 spiro atoms. The van der Waals surface area contributed by atoms with E-state index in [0.29, 0.717) is 13.2 Å². The van der Waals surface area contributed by atoms with Crippen molar-refractivity contribution in [1.82, 2.24) is 0 Å². The Bertz CT molecular complexity index is 408. The van der Waals surface area contributed by atoms with Crippen molar-refractivity contribution in [1.29, 1.82) is 0 Å². The fourth-order valence-corrected chi connectivity index (χ4v) is 2.47. The first-order valence-corrected chi connectivity index (χ1v) is 7.08. The summed E-state index contributed by atoms with van der Waals surface area (Å²) in [6.45, 7) is 5.18. The van der Waals surface area contributed by atoms with E-state index in [4.69, 9.17) is 9.47 Å². The van der Waals surface area contributed by atoms with E-state index < -0.39 is 0 Å². The monoisotopic (exact) mass is 265 g/mol. The highest BCUT2D eigenvalue weighted by Gasteiger charge is 2.25. The highest BCUT2D eigenvalue weighted by molar-refractivity contribution is 5.60. The van der Waals surface area contributed by atoms with E-state index in [1.165, 1.54) is 0 Å². The van der Waals surface area contributed by atoms with Crippen LogP contribution in [0.1, 0.15) is 33.1 Å². The molecule has 1 aromatic carbocycles. The predicted octanol–water partition coefficient (Wildman–Crippen LogP) is 2.81. The van der Waals surface area contributed by atoms with Gasteiger partial charge >= 0.3 is 0 Å². The lowest BCUT2D eigenvalue weighted by Crippen LogP contribution is -2.28. The molecule has 1 aliphatic rings. The number of hydrogen-bond donors (Lipinski definition) is 2. The fourth-order valence-electron chi connectivity index (χ4n) is 2.47. The van der Waals surface area contributed by atoms with E-state index in [9.17, 15) is 5.11 Å². The maximum atomic E-state index is 9.91. The average molecular weight is 265 g/mol. The summed E-state index contributed by atoms with van der Waals surface area (Å²) in [5, 5.41) is 13.3. The molecule has 2 N–H and O–H groups in total. The van der Waals surface area contributed by atoms with Gasteiger partial charge in [-0.2, -0.15) is 0 Å². The van der Waals surface area contributed by atoms with Crippen LogP contribution in [-0.4, -0.2) is 30.5 Å². The van der Waals surface area contributed by atoms with Crippen molar-refractivity contribution in [2.24, 2.45) is 0 Å². The molecule has 0 bridgehead atoms. The second kappa shape index (κ2) is 6.66. The molecule has 0 aromatic heterocycles. The maximum absolute atomic E-state index is 9.91. The van der Waals surface area contributed by atoms with Gasteiger partial charge in [0.25, 0.3) is 0 Å². The number of rotatable bonds is 6. The maximum Gasteiger partial charge on any atom is 0.142 e. The molecule has 0 saturated heterocycles. The molecule has 1 aliphatic carbocycles. The van der Waals surface area contributed by atoms with E-state index in [1.54, 1.807) is 0 Å². The molecular formula is C15H23NO3. The van der Waals surface area contributed by atoms with Crippen molar-refractivity contribution >= 4 is 5.69 Å². The average Bonchev–Trinajstić information content (AvgIpc) is 2.79. The summed E-state index contributed by atoms with van der Waals surface area (Å²) in [4.78, 5) is 0. The second-order valence-electron chi connectivity index (χ2n) is 4.77. The smallest absolute Gasteiger partial charge is 0.142 e. The number of ether oxygens (including phenoxy) is 2. The molecule has 0 radical (unpaired) electrons. The van der Waals surface area contributed by atoms with Crippen molar-refractivity contribution in [3.8, 4) is 11.5 Å². The van der Waals surface area contributed by atoms with Gasteiger partial charge in [0.05, 0.1) is 31.0 Å². The number of aliphatic hydroxyl groups excluding tert-OH is 1. The molecular weight excluding hydrogens is 242 g/mol. The molecule has 0 heterocycles. The van der Waals surface area contributed by atoms with Gasteiger partial charge in [-0.1, -0.05) is 0 Å². The summed E-state index contributed by atoms with van der Waals surface area (Å²) >= 11 is 0. The van der Waals surface area contributed by atoms with Gasteiger partial charge in [0.15, 0.2) is 0 Å². The van der Waals surface area contributed by atoms with Gasteiger partial charge in [0.2, 0.25) is 0 Å². The lowest BCUT2D eigenvalue weighted by molar-refractivity contribution is 0.171. The van der Waals surface area contributed by atoms with Gasteiger partial charge in [0.1, 0.15) is 11.5 Å². The SMILES string of the molecule is CCOc1ccc(OCC)c(N[C@H]2CCC[C@@H]2O)c1. The summed E-state index contributed by atoms with van der Waals surface area (Å²) in [5.41, 5.74) is 0.902. The number of aliphatic hydroxyl groups is 1. The van der Waals surface area contributed by atoms with Crippen LogP contribution in [0.5, 0.6) is 11.5 Å². The molecule has 0 aliphatic heterocycles. The Labute approximate surface area is 114 Å². The zero-order chi connectivity index (χ0) is 13.7. The van der Waals surface area contributed by atoms with Gasteiger partial charge in [-0.05, 0) is 45.2 Å². The summed E-state index contributed by atoms with van der Waals surface area (Å²) in [7, 11) is 0. The molecule has 1 fully saturated rings. The van der Waals surface area contributed by atoms with Crippen LogP contribution in [0.15, 0.2) is 18.2 Å². The zero-order valence-corrected chi connectivity index (χ0v) is 11.7. The summed E-state index contributed by atoms with van der Waals surface area (Å²) < 4.78 is 11.1. The van der Waals surface area contributed by atoms with Crippen LogP contribution >= 0.6 is 0 Å². The molecule has 0 unspecified atom stereocenters. The van der Waals surface area contributed by atoms with Crippen molar-refractivity contribution in [3.05, 3.63) is 18.2 Å². The first kappa shape index (κ1) is 14.0. The highest BCUT2D eigenvalue weighted by atomic mass is 16.5. The van der Waals surface area contributed by atoms with Gasteiger partial charge < -0.3 is 19.9 Å². The minimum atomic E-state index is -0.273. The largest absolute Gasteiger partial charge is 0.494 e. The van der Waals surface area contributed by atoms with Crippen molar-refractivity contribution in [3.63, 3.8) is 0 Å². The summed E-state index contributed by atoms with van der Waals surface area (Å²) in [6, 6.07) is 5.87. The van der Waals surface area contributed by atoms with Crippen molar-refractivity contribution in [2.75, 3.05) is 18.5 Å². The summed E-state index contributed by atoms with van der Waals surface area (Å²) in [6.07, 6.45) is 2.65. The van der Waals surface area contributed by atoms with Gasteiger partial charge in [0, 0.05) is 6.07 Å². The molecule has 0 amide bonds. The van der Waals surface area contributed by atoms with E-state index in [0.717, 1.165) is 36.4 Å². The fraction of sp³-hybridized carbons (Fsp3) is 0.600. The second-order valence-corrected chi connectivity index (χ2v) is 4.77. The quantitative estimate of drug-likeness (QED) is 0.830.